The van der Waals surface area contributed by atoms with E-state index >= 15 is 0 Å². The molecule has 1 fully saturated rings. The normalized spacial score (nSPS) is 20.0. The van der Waals surface area contributed by atoms with Crippen molar-refractivity contribution in [3.63, 3.8) is 0 Å². The van der Waals surface area contributed by atoms with E-state index in [0.29, 0.717) is 0 Å². The molecular formula is C21H27NO2P+. The van der Waals surface area contributed by atoms with Crippen molar-refractivity contribution in [1.82, 2.24) is 5.06 Å². The fourth-order valence-electron chi connectivity index (χ4n) is 3.59. The third kappa shape index (κ3) is 3.55. The van der Waals surface area contributed by atoms with Crippen LogP contribution in [0.15, 0.2) is 60.7 Å². The Bertz CT molecular complexity index is 696. The van der Waals surface area contributed by atoms with Gasteiger partial charge in [0, 0.05) is 10.6 Å². The van der Waals surface area contributed by atoms with E-state index in [1.807, 2.05) is 65.7 Å². The fourth-order valence-corrected chi connectivity index (χ4v) is 5.88. The Morgan fingerprint density at radius 1 is 0.840 bits per heavy atom. The van der Waals surface area contributed by atoms with Crippen molar-refractivity contribution >= 4 is 18.0 Å². The minimum absolute atomic E-state index is 0.221. The van der Waals surface area contributed by atoms with Crippen LogP contribution in [-0.4, -0.2) is 16.1 Å². The molecule has 0 bridgehead atoms. The molecule has 1 aliphatic rings. The van der Waals surface area contributed by atoms with E-state index in [1.165, 1.54) is 0 Å². The molecule has 4 heteroatoms. The van der Waals surface area contributed by atoms with Crippen LogP contribution in [0.25, 0.3) is 0 Å². The Morgan fingerprint density at radius 3 is 1.64 bits per heavy atom. The summed E-state index contributed by atoms with van der Waals surface area (Å²) in [6, 6.07) is 19.1. The number of hydroxylamine groups is 2. The number of hydrogen-bond acceptors (Lipinski definition) is 3. The van der Waals surface area contributed by atoms with Crippen molar-refractivity contribution in [2.75, 3.05) is 0 Å². The van der Waals surface area contributed by atoms with Crippen LogP contribution in [0.4, 0.5) is 0 Å². The third-order valence-electron chi connectivity index (χ3n) is 4.78. The maximum absolute atomic E-state index is 14.2. The molecule has 0 aromatic heterocycles. The molecule has 2 aromatic rings. The van der Waals surface area contributed by atoms with Gasteiger partial charge in [-0.15, -0.1) is 0 Å². The molecular weight excluding hydrogens is 329 g/mol. The average Bonchev–Trinajstić information content (AvgIpc) is 2.59. The van der Waals surface area contributed by atoms with Gasteiger partial charge in [-0.3, -0.25) is 4.57 Å². The van der Waals surface area contributed by atoms with Gasteiger partial charge in [-0.2, -0.15) is 5.06 Å². The molecule has 2 aromatic carbocycles. The first-order valence-corrected chi connectivity index (χ1v) is 10.4. The Hall–Kier alpha value is -1.54. The fraction of sp³-hybridized carbons (Fsp3) is 0.381. The minimum atomic E-state index is -3.24. The molecule has 1 saturated heterocycles. The first kappa shape index (κ1) is 18.3. The molecule has 0 radical (unpaired) electrons. The topological polar surface area (TPSA) is 29.5 Å². The molecule has 3 nitrogen and oxygen atoms in total. The van der Waals surface area contributed by atoms with Gasteiger partial charge in [-0.25, -0.2) is 4.62 Å². The van der Waals surface area contributed by atoms with Gasteiger partial charge in [-0.1, -0.05) is 36.4 Å². The molecule has 0 spiro atoms. The monoisotopic (exact) mass is 356 g/mol. The van der Waals surface area contributed by atoms with Crippen LogP contribution in [0.2, 0.25) is 0 Å². The van der Waals surface area contributed by atoms with Crippen molar-refractivity contribution in [2.24, 2.45) is 0 Å². The van der Waals surface area contributed by atoms with E-state index in [4.69, 9.17) is 4.62 Å². The second-order valence-electron chi connectivity index (χ2n) is 7.92. The van der Waals surface area contributed by atoms with Gasteiger partial charge in [0.2, 0.25) is 0 Å². The van der Waals surface area contributed by atoms with Gasteiger partial charge >= 0.3 is 0 Å². The molecule has 0 amide bonds. The molecule has 0 aliphatic carbocycles. The summed E-state index contributed by atoms with van der Waals surface area (Å²) in [4.78, 5) is 0. The van der Waals surface area contributed by atoms with Gasteiger partial charge in [0.25, 0.3) is 7.37 Å². The molecule has 1 heterocycles. The largest absolute Gasteiger partial charge is 0.281 e. The molecule has 0 atom stereocenters. The van der Waals surface area contributed by atoms with Crippen molar-refractivity contribution < 1.29 is 9.19 Å². The zero-order valence-corrected chi connectivity index (χ0v) is 16.4. The Balaban J connectivity index is 2.09. The zero-order chi connectivity index (χ0) is 18.1. The van der Waals surface area contributed by atoms with Gasteiger partial charge in [0.05, 0.1) is 17.5 Å². The molecule has 3 rings (SSSR count). The maximum Gasteiger partial charge on any atom is 0.277 e. The number of piperidine rings is 1. The maximum atomic E-state index is 14.2. The lowest BCUT2D eigenvalue weighted by Crippen LogP contribution is -2.58. The van der Waals surface area contributed by atoms with Crippen LogP contribution >= 0.6 is 7.37 Å². The van der Waals surface area contributed by atoms with Crippen LogP contribution in [-0.2, 0) is 9.19 Å². The van der Waals surface area contributed by atoms with Crippen LogP contribution in [0.5, 0.6) is 0 Å². The van der Waals surface area contributed by atoms with Crippen molar-refractivity contribution in [2.45, 2.75) is 51.6 Å². The van der Waals surface area contributed by atoms with Crippen molar-refractivity contribution in [3.05, 3.63) is 67.1 Å². The van der Waals surface area contributed by atoms with E-state index in [0.717, 1.165) is 23.5 Å². The first-order valence-electron chi connectivity index (χ1n) is 8.79. The molecule has 0 unspecified atom stereocenters. The first-order chi connectivity index (χ1) is 11.8. The van der Waals surface area contributed by atoms with E-state index in [-0.39, 0.29) is 11.1 Å². The highest BCUT2D eigenvalue weighted by Crippen LogP contribution is 2.51. The Kier molecular flexibility index (Phi) is 4.85. The van der Waals surface area contributed by atoms with Gasteiger partial charge in [-0.05, 0) is 52.0 Å². The van der Waals surface area contributed by atoms with Gasteiger partial charge in [0.1, 0.15) is 12.8 Å². The summed E-state index contributed by atoms with van der Waals surface area (Å²) >= 11 is 0. The van der Waals surface area contributed by atoms with Crippen LogP contribution in [0.1, 0.15) is 40.5 Å². The lowest BCUT2D eigenvalue weighted by molar-refractivity contribution is -0.205. The summed E-state index contributed by atoms with van der Waals surface area (Å²) in [5.74, 6) is 0. The zero-order valence-electron chi connectivity index (χ0n) is 15.5. The highest BCUT2D eigenvalue weighted by Gasteiger charge is 2.50. The smallest absolute Gasteiger partial charge is 0.277 e. The van der Waals surface area contributed by atoms with E-state index in [1.54, 1.807) is 0 Å². The highest BCUT2D eigenvalue weighted by atomic mass is 31.2. The van der Waals surface area contributed by atoms with Crippen molar-refractivity contribution in [3.8, 4) is 0 Å². The number of nitrogens with zero attached hydrogens (tertiary/aromatic N) is 1. The van der Waals surface area contributed by atoms with Crippen LogP contribution in [0.3, 0.4) is 0 Å². The third-order valence-corrected chi connectivity index (χ3v) is 7.13. The summed E-state index contributed by atoms with van der Waals surface area (Å²) in [6.45, 7) is 8.57. The average molecular weight is 356 g/mol. The molecule has 0 saturated carbocycles. The van der Waals surface area contributed by atoms with E-state index < -0.39 is 7.37 Å². The molecule has 0 N–H and O–H groups in total. The SMILES string of the molecule is CC1(C)C[CH+]CC(C)(C)N1OP(=O)(c1ccccc1)c1ccccc1. The number of rotatable bonds is 4. The highest BCUT2D eigenvalue weighted by molar-refractivity contribution is 7.74. The molecule has 132 valence electrons. The van der Waals surface area contributed by atoms with E-state index in [9.17, 15) is 4.57 Å². The standard InChI is InChI=1S/C21H27NO2P/c1-20(2)16-11-17-21(3,4)22(20)24-25(23,18-12-7-5-8-13-18)19-14-9-6-10-15-19/h5-15H,16-17H2,1-4H3/q+1. The second kappa shape index (κ2) is 6.64. The molecule has 1 aliphatic heterocycles. The summed E-state index contributed by atoms with van der Waals surface area (Å²) in [5.41, 5.74) is -0.443. The van der Waals surface area contributed by atoms with Crippen molar-refractivity contribution in [1.29, 1.82) is 0 Å². The minimum Gasteiger partial charge on any atom is -0.281 e. The van der Waals surface area contributed by atoms with Gasteiger partial charge < -0.3 is 0 Å². The number of benzene rings is 2. The lowest BCUT2D eigenvalue weighted by Gasteiger charge is -2.48. The number of hydrogen-bond donors (Lipinski definition) is 0. The predicted molar refractivity (Wildman–Crippen MR) is 104 cm³/mol. The summed E-state index contributed by atoms with van der Waals surface area (Å²) in [6.07, 6.45) is 4.11. The second-order valence-corrected chi connectivity index (χ2v) is 10.2. The Labute approximate surface area is 151 Å². The van der Waals surface area contributed by atoms with Crippen LogP contribution < -0.4 is 10.6 Å². The predicted octanol–water partition coefficient (Wildman–Crippen LogP) is 4.70. The summed E-state index contributed by atoms with van der Waals surface area (Å²) in [7, 11) is -3.24. The quantitative estimate of drug-likeness (QED) is 0.587. The summed E-state index contributed by atoms with van der Waals surface area (Å²) in [5, 5.41) is 3.42. The summed E-state index contributed by atoms with van der Waals surface area (Å²) < 4.78 is 20.6. The Morgan fingerprint density at radius 2 is 1.24 bits per heavy atom. The lowest BCUT2D eigenvalue weighted by atomic mass is 9.82. The van der Waals surface area contributed by atoms with E-state index in [2.05, 4.69) is 34.1 Å². The van der Waals surface area contributed by atoms with Crippen LogP contribution in [0, 0.1) is 6.42 Å². The molecule has 25 heavy (non-hydrogen) atoms. The van der Waals surface area contributed by atoms with Gasteiger partial charge in [0.15, 0.2) is 0 Å².